The number of nitrogens with zero attached hydrogens (tertiary/aromatic N) is 2. The highest BCUT2D eigenvalue weighted by molar-refractivity contribution is 7.89. The molecule has 0 radical (unpaired) electrons. The fraction of sp³-hybridized carbons (Fsp3) is 0.368. The predicted octanol–water partition coefficient (Wildman–Crippen LogP) is 2.49. The molecule has 0 spiro atoms. The van der Waals surface area contributed by atoms with E-state index in [4.69, 9.17) is 9.47 Å². The Balaban J connectivity index is 1.71. The van der Waals surface area contributed by atoms with E-state index in [-0.39, 0.29) is 23.2 Å². The maximum absolute atomic E-state index is 13.1. The monoisotopic (exact) mass is 390 g/mol. The SMILES string of the molecule is CCOC(=O)c1ccccc1S(=O)(=O)N1CCC(Oc2ccncc2)CC1. The van der Waals surface area contributed by atoms with Crippen molar-refractivity contribution in [1.82, 2.24) is 9.29 Å². The van der Waals surface area contributed by atoms with Gasteiger partial charge in [-0.15, -0.1) is 0 Å². The molecule has 1 fully saturated rings. The number of rotatable bonds is 6. The fourth-order valence-electron chi connectivity index (χ4n) is 3.01. The summed E-state index contributed by atoms with van der Waals surface area (Å²) in [6, 6.07) is 9.71. The molecule has 0 amide bonds. The van der Waals surface area contributed by atoms with E-state index < -0.39 is 16.0 Å². The van der Waals surface area contributed by atoms with Crippen molar-refractivity contribution in [2.45, 2.75) is 30.8 Å². The summed E-state index contributed by atoms with van der Waals surface area (Å²) < 4.78 is 38.4. The summed E-state index contributed by atoms with van der Waals surface area (Å²) in [6.45, 7) is 2.53. The lowest BCUT2D eigenvalue weighted by atomic mass is 10.1. The van der Waals surface area contributed by atoms with Gasteiger partial charge in [0.2, 0.25) is 10.0 Å². The van der Waals surface area contributed by atoms with Gasteiger partial charge in [-0.3, -0.25) is 4.98 Å². The average molecular weight is 390 g/mol. The Morgan fingerprint density at radius 3 is 2.48 bits per heavy atom. The van der Waals surface area contributed by atoms with Gasteiger partial charge in [-0.2, -0.15) is 4.31 Å². The molecule has 1 saturated heterocycles. The molecule has 3 rings (SSSR count). The second-order valence-electron chi connectivity index (χ2n) is 6.12. The van der Waals surface area contributed by atoms with Gasteiger partial charge in [0.15, 0.2) is 0 Å². The Hall–Kier alpha value is -2.45. The lowest BCUT2D eigenvalue weighted by molar-refractivity contribution is 0.0521. The molecule has 8 heteroatoms. The summed E-state index contributed by atoms with van der Waals surface area (Å²) in [7, 11) is -3.79. The zero-order chi connectivity index (χ0) is 19.3. The van der Waals surface area contributed by atoms with Crippen LogP contribution in [-0.2, 0) is 14.8 Å². The number of carbonyl (C=O) groups is 1. The Bertz CT molecular complexity index is 878. The quantitative estimate of drug-likeness (QED) is 0.705. The lowest BCUT2D eigenvalue weighted by Crippen LogP contribution is -2.42. The molecule has 0 N–H and O–H groups in total. The van der Waals surface area contributed by atoms with Crippen molar-refractivity contribution in [1.29, 1.82) is 0 Å². The maximum atomic E-state index is 13.1. The van der Waals surface area contributed by atoms with Crippen LogP contribution in [0.25, 0.3) is 0 Å². The molecule has 27 heavy (non-hydrogen) atoms. The first kappa shape index (κ1) is 19.3. The van der Waals surface area contributed by atoms with Crippen molar-refractivity contribution in [2.24, 2.45) is 0 Å². The molecule has 2 aromatic rings. The standard InChI is InChI=1S/C19H22N2O5S/c1-2-25-19(22)17-5-3-4-6-18(17)27(23,24)21-13-9-16(10-14-21)26-15-7-11-20-12-8-15/h3-8,11-12,16H,2,9-10,13-14H2,1H3. The van der Waals surface area contributed by atoms with Gasteiger partial charge in [-0.1, -0.05) is 12.1 Å². The summed E-state index contributed by atoms with van der Waals surface area (Å²) in [6.07, 6.45) is 4.40. The van der Waals surface area contributed by atoms with E-state index in [2.05, 4.69) is 4.98 Å². The smallest absolute Gasteiger partial charge is 0.339 e. The summed E-state index contributed by atoms with van der Waals surface area (Å²) in [4.78, 5) is 16.0. The van der Waals surface area contributed by atoms with Crippen molar-refractivity contribution in [3.63, 3.8) is 0 Å². The minimum absolute atomic E-state index is 0.0167. The van der Waals surface area contributed by atoms with E-state index in [1.807, 2.05) is 0 Å². The predicted molar refractivity (Wildman–Crippen MR) is 99.0 cm³/mol. The Kier molecular flexibility index (Phi) is 6.08. The molecule has 0 unspecified atom stereocenters. The largest absolute Gasteiger partial charge is 0.490 e. The minimum Gasteiger partial charge on any atom is -0.490 e. The summed E-state index contributed by atoms with van der Waals surface area (Å²) in [5.41, 5.74) is 0.0644. The van der Waals surface area contributed by atoms with E-state index >= 15 is 0 Å². The lowest BCUT2D eigenvalue weighted by Gasteiger charge is -2.31. The van der Waals surface area contributed by atoms with Gasteiger partial charge in [0, 0.05) is 25.5 Å². The van der Waals surface area contributed by atoms with Crippen LogP contribution in [0.1, 0.15) is 30.1 Å². The van der Waals surface area contributed by atoms with Gasteiger partial charge in [0.25, 0.3) is 0 Å². The molecule has 0 bridgehead atoms. The number of carbonyl (C=O) groups excluding carboxylic acids is 1. The van der Waals surface area contributed by atoms with Crippen molar-refractivity contribution >= 4 is 16.0 Å². The third-order valence-electron chi connectivity index (χ3n) is 4.35. The Labute approximate surface area is 159 Å². The first-order valence-electron chi connectivity index (χ1n) is 8.85. The second-order valence-corrected chi connectivity index (χ2v) is 8.03. The number of hydrogen-bond donors (Lipinski definition) is 0. The molecule has 7 nitrogen and oxygen atoms in total. The van der Waals surface area contributed by atoms with E-state index in [0.717, 1.165) is 5.75 Å². The highest BCUT2D eigenvalue weighted by Gasteiger charge is 2.33. The van der Waals surface area contributed by atoms with Crippen LogP contribution in [0.3, 0.4) is 0 Å². The van der Waals surface area contributed by atoms with Crippen LogP contribution < -0.4 is 4.74 Å². The molecule has 1 aromatic carbocycles. The van der Waals surface area contributed by atoms with Crippen LogP contribution in [0.5, 0.6) is 5.75 Å². The molecule has 0 atom stereocenters. The van der Waals surface area contributed by atoms with Crippen molar-refractivity contribution < 1.29 is 22.7 Å². The van der Waals surface area contributed by atoms with Crippen molar-refractivity contribution in [3.8, 4) is 5.75 Å². The van der Waals surface area contributed by atoms with Crippen LogP contribution in [-0.4, -0.2) is 49.5 Å². The van der Waals surface area contributed by atoms with Crippen molar-refractivity contribution in [2.75, 3.05) is 19.7 Å². The van der Waals surface area contributed by atoms with Crippen LogP contribution in [0.2, 0.25) is 0 Å². The van der Waals surface area contributed by atoms with Gasteiger partial charge >= 0.3 is 5.97 Å². The first-order chi connectivity index (χ1) is 13.0. The molecular formula is C19H22N2O5S. The van der Waals surface area contributed by atoms with Gasteiger partial charge in [0.05, 0.1) is 17.1 Å². The topological polar surface area (TPSA) is 85.8 Å². The Morgan fingerprint density at radius 2 is 1.81 bits per heavy atom. The van der Waals surface area contributed by atoms with E-state index in [1.165, 1.54) is 16.4 Å². The molecule has 2 heterocycles. The van der Waals surface area contributed by atoms with E-state index in [9.17, 15) is 13.2 Å². The fourth-order valence-corrected chi connectivity index (χ4v) is 4.66. The zero-order valence-electron chi connectivity index (χ0n) is 15.1. The number of aromatic nitrogens is 1. The van der Waals surface area contributed by atoms with Crippen LogP contribution in [0, 0.1) is 0 Å². The minimum atomic E-state index is -3.79. The van der Waals surface area contributed by atoms with Gasteiger partial charge in [0.1, 0.15) is 11.9 Å². The van der Waals surface area contributed by atoms with Gasteiger partial charge in [-0.25, -0.2) is 13.2 Å². The summed E-state index contributed by atoms with van der Waals surface area (Å²) >= 11 is 0. The maximum Gasteiger partial charge on any atom is 0.339 e. The Morgan fingerprint density at radius 1 is 1.15 bits per heavy atom. The number of sulfonamides is 1. The average Bonchev–Trinajstić information content (AvgIpc) is 2.69. The van der Waals surface area contributed by atoms with Crippen molar-refractivity contribution in [3.05, 3.63) is 54.4 Å². The molecular weight excluding hydrogens is 368 g/mol. The molecule has 0 aliphatic carbocycles. The van der Waals surface area contributed by atoms with Crippen LogP contribution in [0.15, 0.2) is 53.7 Å². The number of hydrogen-bond acceptors (Lipinski definition) is 6. The number of esters is 1. The molecule has 0 saturated carbocycles. The van der Waals surface area contributed by atoms with E-state index in [0.29, 0.717) is 25.9 Å². The molecule has 1 aliphatic heterocycles. The normalized spacial score (nSPS) is 16.0. The highest BCUT2D eigenvalue weighted by Crippen LogP contribution is 2.26. The third-order valence-corrected chi connectivity index (χ3v) is 6.31. The highest BCUT2D eigenvalue weighted by atomic mass is 32.2. The number of benzene rings is 1. The number of piperidine rings is 1. The van der Waals surface area contributed by atoms with Crippen LogP contribution in [0.4, 0.5) is 0 Å². The summed E-state index contributed by atoms with van der Waals surface area (Å²) in [5, 5.41) is 0. The second kappa shape index (κ2) is 8.49. The van der Waals surface area contributed by atoms with Crippen LogP contribution >= 0.6 is 0 Å². The third kappa shape index (κ3) is 4.45. The van der Waals surface area contributed by atoms with E-state index in [1.54, 1.807) is 43.6 Å². The number of ether oxygens (including phenoxy) is 2. The number of pyridine rings is 1. The van der Waals surface area contributed by atoms with Gasteiger partial charge in [-0.05, 0) is 44.0 Å². The molecule has 144 valence electrons. The molecule has 1 aromatic heterocycles. The first-order valence-corrected chi connectivity index (χ1v) is 10.3. The zero-order valence-corrected chi connectivity index (χ0v) is 15.9. The van der Waals surface area contributed by atoms with Gasteiger partial charge < -0.3 is 9.47 Å². The summed E-state index contributed by atoms with van der Waals surface area (Å²) in [5.74, 6) is 0.0894. The molecule has 1 aliphatic rings.